The third-order valence-electron chi connectivity index (χ3n) is 6.00. The fourth-order valence-electron chi connectivity index (χ4n) is 3.96. The van der Waals surface area contributed by atoms with Gasteiger partial charge in [0, 0.05) is 29.3 Å². The molecule has 198 valence electrons. The van der Waals surface area contributed by atoms with Crippen LogP contribution >= 0.6 is 22.6 Å². The van der Waals surface area contributed by atoms with Crippen molar-refractivity contribution < 1.29 is 18.3 Å². The molecule has 37 heavy (non-hydrogen) atoms. The molecule has 0 radical (unpaired) electrons. The summed E-state index contributed by atoms with van der Waals surface area (Å²) in [5.74, 6) is -0.346. The third kappa shape index (κ3) is 8.80. The summed E-state index contributed by atoms with van der Waals surface area (Å²) < 4.78 is 27.3. The van der Waals surface area contributed by atoms with Crippen molar-refractivity contribution in [3.63, 3.8) is 0 Å². The largest absolute Gasteiger partial charge is 0.390 e. The first-order chi connectivity index (χ1) is 17.7. The van der Waals surface area contributed by atoms with Crippen LogP contribution in [0, 0.1) is 3.57 Å². The Hall–Kier alpha value is -2.47. The summed E-state index contributed by atoms with van der Waals surface area (Å²) in [5.41, 5.74) is 2.85. The second kappa shape index (κ2) is 13.9. The zero-order chi connectivity index (χ0) is 26.8. The highest BCUT2D eigenvalue weighted by Crippen LogP contribution is 2.19. The number of aliphatic hydroxyl groups is 1. The average molecular weight is 636 g/mol. The normalized spacial score (nSPS) is 13.1. The Balaban J connectivity index is 1.72. The van der Waals surface area contributed by atoms with Crippen molar-refractivity contribution in [2.75, 3.05) is 23.7 Å². The van der Waals surface area contributed by atoms with Gasteiger partial charge in [0.25, 0.3) is 5.91 Å². The summed E-state index contributed by atoms with van der Waals surface area (Å²) in [6.45, 7) is 2.70. The van der Waals surface area contributed by atoms with Gasteiger partial charge in [-0.1, -0.05) is 55.5 Å². The highest BCUT2D eigenvalue weighted by Gasteiger charge is 2.23. The molecule has 0 aromatic heterocycles. The number of carbonyl (C=O) groups excluding carboxylic acids is 1. The van der Waals surface area contributed by atoms with E-state index in [9.17, 15) is 18.3 Å². The highest BCUT2D eigenvalue weighted by molar-refractivity contribution is 14.1. The topological polar surface area (TPSA) is 98.7 Å². The van der Waals surface area contributed by atoms with Crippen LogP contribution in [-0.4, -0.2) is 50.9 Å². The van der Waals surface area contributed by atoms with E-state index in [1.165, 1.54) is 11.4 Å². The lowest BCUT2D eigenvalue weighted by atomic mass is 10.00. The molecule has 3 N–H and O–H groups in total. The number of benzene rings is 3. The Morgan fingerprint density at radius 2 is 1.70 bits per heavy atom. The summed E-state index contributed by atoms with van der Waals surface area (Å²) in [6.07, 6.45) is 0.106. The number of rotatable bonds is 13. The maximum Gasteiger partial charge on any atom is 0.251 e. The van der Waals surface area contributed by atoms with E-state index in [0.717, 1.165) is 14.7 Å². The SMILES string of the molecule is CCCS(=O)(=O)N(C)c1cccc(C(=O)N[C@@H](Cc2ccccc2)[C@H](O)CNCc2cccc(I)c2)c1. The first kappa shape index (κ1) is 29.1. The number of nitrogens with one attached hydrogen (secondary N) is 2. The summed E-state index contributed by atoms with van der Waals surface area (Å²) in [4.78, 5) is 13.2. The Morgan fingerprint density at radius 3 is 2.41 bits per heavy atom. The van der Waals surface area contributed by atoms with Gasteiger partial charge in [-0.25, -0.2) is 8.42 Å². The van der Waals surface area contributed by atoms with Gasteiger partial charge < -0.3 is 15.7 Å². The minimum Gasteiger partial charge on any atom is -0.390 e. The van der Waals surface area contributed by atoms with E-state index in [0.29, 0.717) is 37.2 Å². The molecular weight excluding hydrogens is 601 g/mol. The zero-order valence-corrected chi connectivity index (χ0v) is 24.1. The monoisotopic (exact) mass is 635 g/mol. The second-order valence-corrected chi connectivity index (χ2v) is 12.3. The number of halogens is 1. The number of hydrogen-bond donors (Lipinski definition) is 3. The van der Waals surface area contributed by atoms with E-state index in [-0.39, 0.29) is 11.7 Å². The standard InChI is InChI=1S/C28H34IN3O4S/c1-3-15-37(35,36)32(2)25-14-8-12-23(18-25)28(34)31-26(17-21-9-5-4-6-10-21)27(33)20-30-19-22-11-7-13-24(29)16-22/h4-14,16,18,26-27,30,33H,3,15,17,19-20H2,1-2H3,(H,31,34)/t26-,27+/m0/s1. The van der Waals surface area contributed by atoms with Gasteiger partial charge in [0.05, 0.1) is 23.6 Å². The molecular formula is C28H34IN3O4S. The Labute approximate surface area is 233 Å². The molecule has 0 bridgehead atoms. The number of nitrogens with zero attached hydrogens (tertiary/aromatic N) is 1. The van der Waals surface area contributed by atoms with E-state index >= 15 is 0 Å². The van der Waals surface area contributed by atoms with Crippen LogP contribution < -0.4 is 14.9 Å². The molecule has 0 saturated heterocycles. The van der Waals surface area contributed by atoms with Crippen LogP contribution in [0.5, 0.6) is 0 Å². The number of amides is 1. The van der Waals surface area contributed by atoms with Crippen molar-refractivity contribution >= 4 is 44.2 Å². The average Bonchev–Trinajstić information content (AvgIpc) is 2.88. The van der Waals surface area contributed by atoms with Crippen molar-refractivity contribution in [3.05, 3.63) is 99.1 Å². The fourth-order valence-corrected chi connectivity index (χ4v) is 5.79. The lowest BCUT2D eigenvalue weighted by molar-refractivity contribution is 0.0830. The Bertz CT molecular complexity index is 1270. The molecule has 9 heteroatoms. The maximum absolute atomic E-state index is 13.2. The van der Waals surface area contributed by atoms with Crippen LogP contribution in [0.1, 0.15) is 34.8 Å². The first-order valence-electron chi connectivity index (χ1n) is 12.2. The third-order valence-corrected chi connectivity index (χ3v) is 8.64. The van der Waals surface area contributed by atoms with Crippen molar-refractivity contribution in [1.82, 2.24) is 10.6 Å². The van der Waals surface area contributed by atoms with Crippen LogP contribution in [0.4, 0.5) is 5.69 Å². The molecule has 0 spiro atoms. The predicted molar refractivity (Wildman–Crippen MR) is 157 cm³/mol. The smallest absolute Gasteiger partial charge is 0.251 e. The van der Waals surface area contributed by atoms with Crippen LogP contribution in [-0.2, 0) is 23.0 Å². The van der Waals surface area contributed by atoms with E-state index in [1.54, 1.807) is 24.3 Å². The molecule has 3 rings (SSSR count). The predicted octanol–water partition coefficient (Wildman–Crippen LogP) is 3.96. The van der Waals surface area contributed by atoms with Gasteiger partial charge in [-0.15, -0.1) is 0 Å². The van der Waals surface area contributed by atoms with Crippen molar-refractivity contribution in [2.45, 2.75) is 38.5 Å². The second-order valence-electron chi connectivity index (χ2n) is 8.93. The number of anilines is 1. The summed E-state index contributed by atoms with van der Waals surface area (Å²) in [7, 11) is -1.98. The van der Waals surface area contributed by atoms with E-state index in [2.05, 4.69) is 39.3 Å². The maximum atomic E-state index is 13.2. The van der Waals surface area contributed by atoms with Gasteiger partial charge in [-0.3, -0.25) is 9.10 Å². The molecule has 0 unspecified atom stereocenters. The minimum absolute atomic E-state index is 0.0282. The van der Waals surface area contributed by atoms with E-state index in [4.69, 9.17) is 0 Å². The number of carbonyl (C=O) groups is 1. The highest BCUT2D eigenvalue weighted by atomic mass is 127. The van der Waals surface area contributed by atoms with Gasteiger partial charge in [0.1, 0.15) is 0 Å². The Morgan fingerprint density at radius 1 is 1.00 bits per heavy atom. The van der Waals surface area contributed by atoms with Crippen LogP contribution in [0.25, 0.3) is 0 Å². The molecule has 0 aliphatic carbocycles. The summed E-state index contributed by atoms with van der Waals surface area (Å²) >= 11 is 2.27. The van der Waals surface area contributed by atoms with Gasteiger partial charge in [0.15, 0.2) is 0 Å². The van der Waals surface area contributed by atoms with E-state index in [1.807, 2.05) is 55.5 Å². The molecule has 0 aliphatic heterocycles. The first-order valence-corrected chi connectivity index (χ1v) is 14.9. The molecule has 2 atom stereocenters. The zero-order valence-electron chi connectivity index (χ0n) is 21.1. The number of sulfonamides is 1. The van der Waals surface area contributed by atoms with Crippen molar-refractivity contribution in [1.29, 1.82) is 0 Å². The minimum atomic E-state index is -3.47. The summed E-state index contributed by atoms with van der Waals surface area (Å²) in [6, 6.07) is 23.8. The molecule has 0 aliphatic rings. The fraction of sp³-hybridized carbons (Fsp3) is 0.321. The molecule has 7 nitrogen and oxygen atoms in total. The molecule has 0 fully saturated rings. The lowest BCUT2D eigenvalue weighted by Crippen LogP contribution is -2.48. The van der Waals surface area contributed by atoms with Crippen LogP contribution in [0.15, 0.2) is 78.9 Å². The molecule has 1 amide bonds. The van der Waals surface area contributed by atoms with Gasteiger partial charge in [-0.2, -0.15) is 0 Å². The van der Waals surface area contributed by atoms with Gasteiger partial charge in [-0.05, 0) is 76.9 Å². The Kier molecular flexibility index (Phi) is 10.9. The molecule has 3 aromatic rings. The lowest BCUT2D eigenvalue weighted by Gasteiger charge is -2.25. The van der Waals surface area contributed by atoms with E-state index < -0.39 is 22.2 Å². The quantitative estimate of drug-likeness (QED) is 0.247. The van der Waals surface area contributed by atoms with Crippen LogP contribution in [0.2, 0.25) is 0 Å². The van der Waals surface area contributed by atoms with Crippen molar-refractivity contribution in [2.24, 2.45) is 0 Å². The van der Waals surface area contributed by atoms with Gasteiger partial charge in [0.2, 0.25) is 10.0 Å². The number of hydrogen-bond acceptors (Lipinski definition) is 5. The molecule has 0 saturated carbocycles. The van der Waals surface area contributed by atoms with Gasteiger partial charge >= 0.3 is 0 Å². The molecule has 3 aromatic carbocycles. The van der Waals surface area contributed by atoms with Crippen LogP contribution in [0.3, 0.4) is 0 Å². The van der Waals surface area contributed by atoms with Crippen molar-refractivity contribution in [3.8, 4) is 0 Å². The molecule has 0 heterocycles. The summed E-state index contributed by atoms with van der Waals surface area (Å²) in [5, 5.41) is 17.3. The number of aliphatic hydroxyl groups excluding tert-OH is 1.